The van der Waals surface area contributed by atoms with Crippen molar-refractivity contribution in [2.75, 3.05) is 17.7 Å². The maximum Gasteiger partial charge on any atom is 0.320 e. The third-order valence-electron chi connectivity index (χ3n) is 4.42. The quantitative estimate of drug-likeness (QED) is 0.316. The SMILES string of the molecule is COc1ccc([N+](=O)[O-])cc1NC(=O)NC(C(=O)Nc1ccc(Br)cc1)c1ccccc1. The number of non-ortho nitro benzene ring substituents is 1. The van der Waals surface area contributed by atoms with Gasteiger partial charge in [-0.1, -0.05) is 46.3 Å². The van der Waals surface area contributed by atoms with Gasteiger partial charge < -0.3 is 20.7 Å². The van der Waals surface area contributed by atoms with Gasteiger partial charge >= 0.3 is 6.03 Å². The summed E-state index contributed by atoms with van der Waals surface area (Å²) in [4.78, 5) is 36.2. The lowest BCUT2D eigenvalue weighted by molar-refractivity contribution is -0.384. The van der Waals surface area contributed by atoms with E-state index in [2.05, 4.69) is 31.9 Å². The highest BCUT2D eigenvalue weighted by Gasteiger charge is 2.24. The Morgan fingerprint density at radius 2 is 1.69 bits per heavy atom. The minimum atomic E-state index is -1.02. The van der Waals surface area contributed by atoms with Crippen LogP contribution in [-0.4, -0.2) is 24.0 Å². The van der Waals surface area contributed by atoms with Crippen molar-refractivity contribution >= 4 is 44.9 Å². The van der Waals surface area contributed by atoms with Crippen LogP contribution in [0.15, 0.2) is 77.3 Å². The molecule has 164 valence electrons. The van der Waals surface area contributed by atoms with Gasteiger partial charge in [-0.25, -0.2) is 4.79 Å². The van der Waals surface area contributed by atoms with Crippen molar-refractivity contribution < 1.29 is 19.2 Å². The monoisotopic (exact) mass is 498 g/mol. The summed E-state index contributed by atoms with van der Waals surface area (Å²) < 4.78 is 6.02. The van der Waals surface area contributed by atoms with Gasteiger partial charge in [0.1, 0.15) is 11.8 Å². The molecule has 9 nitrogen and oxygen atoms in total. The van der Waals surface area contributed by atoms with Gasteiger partial charge in [0, 0.05) is 22.3 Å². The Bertz CT molecular complexity index is 1120. The highest BCUT2D eigenvalue weighted by atomic mass is 79.9. The topological polar surface area (TPSA) is 123 Å². The Morgan fingerprint density at radius 3 is 2.31 bits per heavy atom. The van der Waals surface area contributed by atoms with Crippen LogP contribution in [0.3, 0.4) is 0 Å². The molecule has 0 bridgehead atoms. The maximum atomic E-state index is 13.0. The highest BCUT2D eigenvalue weighted by Crippen LogP contribution is 2.29. The van der Waals surface area contributed by atoms with Crippen molar-refractivity contribution in [1.29, 1.82) is 0 Å². The fourth-order valence-electron chi connectivity index (χ4n) is 2.89. The van der Waals surface area contributed by atoms with E-state index < -0.39 is 22.9 Å². The molecule has 3 amide bonds. The summed E-state index contributed by atoms with van der Waals surface area (Å²) in [6, 6.07) is 17.8. The Kier molecular flexibility index (Phi) is 7.40. The van der Waals surface area contributed by atoms with Gasteiger partial charge in [-0.05, 0) is 35.9 Å². The molecule has 32 heavy (non-hydrogen) atoms. The molecule has 3 rings (SSSR count). The summed E-state index contributed by atoms with van der Waals surface area (Å²) in [6.07, 6.45) is 0. The summed E-state index contributed by atoms with van der Waals surface area (Å²) in [5.74, 6) is -0.221. The number of carbonyl (C=O) groups excluding carboxylic acids is 2. The van der Waals surface area contributed by atoms with Crippen molar-refractivity contribution in [2.45, 2.75) is 6.04 Å². The number of nitro groups is 1. The van der Waals surface area contributed by atoms with Crippen molar-refractivity contribution in [3.8, 4) is 5.75 Å². The number of halogens is 1. The first-order valence-corrected chi connectivity index (χ1v) is 10.2. The zero-order chi connectivity index (χ0) is 23.1. The number of hydrogen-bond acceptors (Lipinski definition) is 5. The van der Waals surface area contributed by atoms with E-state index >= 15 is 0 Å². The van der Waals surface area contributed by atoms with Gasteiger partial charge in [-0.3, -0.25) is 14.9 Å². The molecule has 10 heteroatoms. The Morgan fingerprint density at radius 1 is 1.00 bits per heavy atom. The molecule has 1 unspecified atom stereocenters. The molecule has 0 aliphatic carbocycles. The molecule has 0 radical (unpaired) electrons. The van der Waals surface area contributed by atoms with E-state index in [4.69, 9.17) is 4.74 Å². The fourth-order valence-corrected chi connectivity index (χ4v) is 3.15. The number of hydrogen-bond donors (Lipinski definition) is 3. The van der Waals surface area contributed by atoms with E-state index in [1.54, 1.807) is 54.6 Å². The van der Waals surface area contributed by atoms with Gasteiger partial charge in [-0.15, -0.1) is 0 Å². The number of amides is 3. The second-order valence-corrected chi connectivity index (χ2v) is 7.50. The predicted octanol–water partition coefficient (Wildman–Crippen LogP) is 4.87. The summed E-state index contributed by atoms with van der Waals surface area (Å²) in [5, 5.41) is 19.0. The van der Waals surface area contributed by atoms with Gasteiger partial charge in [-0.2, -0.15) is 0 Å². The zero-order valence-electron chi connectivity index (χ0n) is 16.9. The number of methoxy groups -OCH3 is 1. The van der Waals surface area contributed by atoms with E-state index in [1.165, 1.54) is 25.3 Å². The third kappa shape index (κ3) is 5.82. The first-order valence-electron chi connectivity index (χ1n) is 9.38. The van der Waals surface area contributed by atoms with Crippen molar-refractivity contribution in [3.63, 3.8) is 0 Å². The second kappa shape index (κ2) is 10.4. The first-order chi connectivity index (χ1) is 15.4. The predicted molar refractivity (Wildman–Crippen MR) is 124 cm³/mol. The van der Waals surface area contributed by atoms with Crippen LogP contribution in [-0.2, 0) is 4.79 Å². The number of nitrogens with one attached hydrogen (secondary N) is 3. The van der Waals surface area contributed by atoms with E-state index in [0.717, 1.165) is 4.47 Å². The van der Waals surface area contributed by atoms with Crippen LogP contribution in [0.1, 0.15) is 11.6 Å². The average Bonchev–Trinajstić information content (AvgIpc) is 2.79. The summed E-state index contributed by atoms with van der Waals surface area (Å²) in [6.45, 7) is 0. The number of benzene rings is 3. The van der Waals surface area contributed by atoms with Crippen LogP contribution in [0, 0.1) is 10.1 Å². The first kappa shape index (κ1) is 22.8. The molecule has 3 N–H and O–H groups in total. The van der Waals surface area contributed by atoms with Crippen LogP contribution >= 0.6 is 15.9 Å². The number of nitro benzene ring substituents is 1. The third-order valence-corrected chi connectivity index (χ3v) is 4.95. The zero-order valence-corrected chi connectivity index (χ0v) is 18.5. The largest absolute Gasteiger partial charge is 0.495 e. The van der Waals surface area contributed by atoms with Crippen molar-refractivity contribution in [3.05, 3.63) is 92.9 Å². The number of nitrogens with zero attached hydrogens (tertiary/aromatic N) is 1. The van der Waals surface area contributed by atoms with E-state index in [0.29, 0.717) is 11.3 Å². The lowest BCUT2D eigenvalue weighted by Gasteiger charge is -2.20. The van der Waals surface area contributed by atoms with Gasteiger partial charge in [0.05, 0.1) is 17.7 Å². The second-order valence-electron chi connectivity index (χ2n) is 6.58. The lowest BCUT2D eigenvalue weighted by Crippen LogP contribution is -2.39. The smallest absolute Gasteiger partial charge is 0.320 e. The molecular formula is C22H19BrN4O5. The number of ether oxygens (including phenoxy) is 1. The van der Waals surface area contributed by atoms with Crippen LogP contribution in [0.2, 0.25) is 0 Å². The highest BCUT2D eigenvalue weighted by molar-refractivity contribution is 9.10. The number of urea groups is 1. The molecule has 1 atom stereocenters. The van der Waals surface area contributed by atoms with E-state index in [1.807, 2.05) is 0 Å². The molecule has 0 saturated heterocycles. The molecule has 0 saturated carbocycles. The van der Waals surface area contributed by atoms with Crippen LogP contribution < -0.4 is 20.7 Å². The minimum Gasteiger partial charge on any atom is -0.495 e. The van der Waals surface area contributed by atoms with Crippen LogP contribution in [0.25, 0.3) is 0 Å². The molecule has 0 aromatic heterocycles. The Labute approximate surface area is 192 Å². The molecule has 0 heterocycles. The molecule has 0 aliphatic heterocycles. The minimum absolute atomic E-state index is 0.0966. The number of rotatable bonds is 7. The van der Waals surface area contributed by atoms with Crippen LogP contribution in [0.5, 0.6) is 5.75 Å². The normalized spacial score (nSPS) is 11.2. The Balaban J connectivity index is 1.81. The van der Waals surface area contributed by atoms with E-state index in [9.17, 15) is 19.7 Å². The molecular weight excluding hydrogens is 480 g/mol. The summed E-state index contributed by atoms with van der Waals surface area (Å²) >= 11 is 3.34. The maximum absolute atomic E-state index is 13.0. The van der Waals surface area contributed by atoms with Crippen molar-refractivity contribution in [2.24, 2.45) is 0 Å². The van der Waals surface area contributed by atoms with Crippen LogP contribution in [0.4, 0.5) is 21.9 Å². The average molecular weight is 499 g/mol. The number of anilines is 2. The van der Waals surface area contributed by atoms with Crippen molar-refractivity contribution in [1.82, 2.24) is 5.32 Å². The molecule has 0 fully saturated rings. The van der Waals surface area contributed by atoms with Gasteiger partial charge in [0.25, 0.3) is 11.6 Å². The summed E-state index contributed by atoms with van der Waals surface area (Å²) in [7, 11) is 1.38. The fraction of sp³-hybridized carbons (Fsp3) is 0.0909. The molecule has 0 aliphatic rings. The standard InChI is InChI=1S/C22H19BrN4O5/c1-32-19-12-11-17(27(30)31)13-18(19)25-22(29)26-20(14-5-3-2-4-6-14)21(28)24-16-9-7-15(23)8-10-16/h2-13,20H,1H3,(H,24,28)(H2,25,26,29). The Hall–Kier alpha value is -3.92. The van der Waals surface area contributed by atoms with E-state index in [-0.39, 0.29) is 17.1 Å². The molecule has 3 aromatic rings. The van der Waals surface area contributed by atoms with Gasteiger partial charge in [0.2, 0.25) is 0 Å². The lowest BCUT2D eigenvalue weighted by atomic mass is 10.1. The summed E-state index contributed by atoms with van der Waals surface area (Å²) in [5.41, 5.74) is 0.998. The number of carbonyl (C=O) groups is 2. The molecule has 0 spiro atoms. The van der Waals surface area contributed by atoms with Gasteiger partial charge in [0.15, 0.2) is 0 Å². The molecule has 3 aromatic carbocycles.